The molecule has 12 aliphatic carbocycles. The fraction of sp³-hybridized carbons (Fsp3) is 0.286. The molecule has 36 rings (SSSR count). The van der Waals surface area contributed by atoms with Crippen molar-refractivity contribution in [1.82, 2.24) is 0 Å². The maximum atomic E-state index is 2.70. The van der Waals surface area contributed by atoms with E-state index >= 15 is 0 Å². The monoisotopic (exact) mass is 1740 g/mol. The van der Waals surface area contributed by atoms with Gasteiger partial charge in [-0.05, 0) is 405 Å². The lowest BCUT2D eigenvalue weighted by molar-refractivity contribution is -0.0419. The van der Waals surface area contributed by atoms with Crippen LogP contribution in [-0.2, 0) is 16.2 Å². The summed E-state index contributed by atoms with van der Waals surface area (Å²) in [5.74, 6) is 10.1. The minimum absolute atomic E-state index is 0.122. The summed E-state index contributed by atoms with van der Waals surface area (Å²) >= 11 is 0. The topological polar surface area (TPSA) is 19.4 Å². The van der Waals surface area contributed by atoms with E-state index in [9.17, 15) is 0 Å². The molecule has 0 atom stereocenters. The lowest BCUT2D eigenvalue weighted by Crippen LogP contribution is -2.64. The lowest BCUT2D eigenvalue weighted by atomic mass is 9.32. The molecule has 15 aromatic carbocycles. The van der Waals surface area contributed by atoms with Crippen molar-refractivity contribution >= 4 is 172 Å². The molecule has 0 N–H and O–H groups in total. The summed E-state index contributed by atoms with van der Waals surface area (Å²) < 4.78 is 0. The van der Waals surface area contributed by atoms with E-state index in [1.807, 2.05) is 0 Å². The molecule has 0 amide bonds. The Hall–Kier alpha value is -12.7. The normalized spacial score (nSPS) is 27.3. The van der Waals surface area contributed by atoms with Gasteiger partial charge in [-0.25, -0.2) is 0 Å². The van der Waals surface area contributed by atoms with Crippen molar-refractivity contribution < 1.29 is 0 Å². The summed E-state index contributed by atoms with van der Waals surface area (Å²) in [6, 6.07) is 120. The van der Waals surface area contributed by atoms with Gasteiger partial charge < -0.3 is 29.4 Å². The van der Waals surface area contributed by atoms with Gasteiger partial charge in [-0.15, -0.1) is 0 Å². The van der Waals surface area contributed by atoms with Crippen molar-refractivity contribution in [3.05, 3.63) is 376 Å². The first-order valence-corrected chi connectivity index (χ1v) is 51.8. The van der Waals surface area contributed by atoms with Gasteiger partial charge >= 0.3 is 0 Å². The number of aryl methyl sites for hydroxylation is 6. The second kappa shape index (κ2) is 27.8. The Morgan fingerprint density at radius 3 is 0.837 bits per heavy atom. The first-order chi connectivity index (χ1) is 66.4. The summed E-state index contributed by atoms with van der Waals surface area (Å²) in [6.07, 6.45) is 21.3. The molecule has 0 saturated heterocycles. The van der Waals surface area contributed by atoms with Crippen LogP contribution in [0.4, 0.5) is 102 Å². The number of para-hydroxylation sites is 9. The molecule has 9 heteroatoms. The van der Waals surface area contributed by atoms with Gasteiger partial charge in [-0.3, -0.25) is 0 Å². The van der Waals surface area contributed by atoms with Crippen molar-refractivity contribution in [2.45, 2.75) is 154 Å². The van der Waals surface area contributed by atoms with Crippen molar-refractivity contribution in [3.8, 4) is 0 Å². The van der Waals surface area contributed by atoms with Gasteiger partial charge in [0.25, 0.3) is 20.1 Å². The average molecular weight is 1740 g/mol. The Bertz CT molecular complexity index is 7560. The zero-order chi connectivity index (χ0) is 88.8. The molecular formula is C126H111B3N6. The Morgan fingerprint density at radius 2 is 0.452 bits per heavy atom. The van der Waals surface area contributed by atoms with Crippen LogP contribution in [0.2, 0.25) is 0 Å². The van der Waals surface area contributed by atoms with E-state index in [-0.39, 0.29) is 36.4 Å². The van der Waals surface area contributed by atoms with E-state index in [1.165, 1.54) is 281 Å². The summed E-state index contributed by atoms with van der Waals surface area (Å²) in [6.45, 7) is 14.2. The smallest absolute Gasteiger partial charge is 0.252 e. The third-order valence-electron chi connectivity index (χ3n) is 39.1. The Labute approximate surface area is 796 Å². The van der Waals surface area contributed by atoms with Crippen LogP contribution < -0.4 is 78.6 Å². The molecule has 12 saturated carbocycles. The molecule has 9 aliphatic heterocycles. The van der Waals surface area contributed by atoms with Gasteiger partial charge in [0.05, 0.1) is 17.1 Å². The minimum Gasteiger partial charge on any atom is -0.311 e. The first kappa shape index (κ1) is 77.6. The molecule has 9 heterocycles. The molecule has 12 bridgehead atoms. The quantitative estimate of drug-likeness (QED) is 0.163. The van der Waals surface area contributed by atoms with Crippen LogP contribution in [0.25, 0.3) is 0 Å². The van der Waals surface area contributed by atoms with Crippen LogP contribution >= 0.6 is 0 Å². The zero-order valence-electron chi connectivity index (χ0n) is 78.4. The summed E-state index contributed by atoms with van der Waals surface area (Å²) in [5, 5.41) is 0. The molecule has 0 unspecified atom stereocenters. The highest BCUT2D eigenvalue weighted by molar-refractivity contribution is 7.02. The molecule has 0 radical (unpaired) electrons. The summed E-state index contributed by atoms with van der Waals surface area (Å²) in [4.78, 5) is 15.7. The van der Waals surface area contributed by atoms with E-state index in [0.717, 1.165) is 71.0 Å². The van der Waals surface area contributed by atoms with Crippen molar-refractivity contribution in [3.63, 3.8) is 0 Å². The lowest BCUT2D eigenvalue weighted by Gasteiger charge is -2.64. The number of fused-ring (bicyclic) bond motifs is 18. The van der Waals surface area contributed by atoms with Crippen LogP contribution in [0, 0.1) is 113 Å². The fourth-order valence-electron chi connectivity index (χ4n) is 35.3. The number of rotatable bonds is 3. The minimum atomic E-state index is 0.122. The maximum Gasteiger partial charge on any atom is 0.252 e. The number of hydrogen-bond acceptors (Lipinski definition) is 6. The van der Waals surface area contributed by atoms with Gasteiger partial charge in [-0.1, -0.05) is 230 Å². The van der Waals surface area contributed by atoms with Gasteiger partial charge in [0.2, 0.25) is 0 Å². The van der Waals surface area contributed by atoms with Crippen LogP contribution in [0.3, 0.4) is 0 Å². The van der Waals surface area contributed by atoms with Gasteiger partial charge in [-0.2, -0.15) is 0 Å². The van der Waals surface area contributed by atoms with E-state index in [0.29, 0.717) is 0 Å². The number of hydrogen-bond donors (Lipinski definition) is 0. The highest BCUT2D eigenvalue weighted by atomic mass is 15.2. The molecule has 21 aliphatic rings. The number of nitrogens with zero attached hydrogens (tertiary/aromatic N) is 6. The van der Waals surface area contributed by atoms with Crippen LogP contribution in [-0.4, -0.2) is 20.1 Å². The van der Waals surface area contributed by atoms with Gasteiger partial charge in [0.1, 0.15) is 0 Å². The summed E-state index contributed by atoms with van der Waals surface area (Å²) in [7, 11) is 0. The third kappa shape index (κ3) is 9.91. The highest BCUT2D eigenvalue weighted by Crippen LogP contribution is 2.74. The second-order valence-electron chi connectivity index (χ2n) is 45.2. The number of benzene rings is 15. The molecule has 654 valence electrons. The van der Waals surface area contributed by atoms with Gasteiger partial charge in [0, 0.05) is 102 Å². The Kier molecular flexibility index (Phi) is 16.0. The zero-order valence-corrected chi connectivity index (χ0v) is 78.4. The fourth-order valence-corrected chi connectivity index (χ4v) is 35.3. The highest BCUT2D eigenvalue weighted by Gasteiger charge is 2.67. The molecule has 6 nitrogen and oxygen atoms in total. The standard InChI is InChI=1S/3C42H37BN2/c1-25-10-3-5-15-34(25)44-36-17-7-11-26(2)39(36)43-33-14-8-13-32-41(33)45(38-19-9-18-37(44)40(38)43)35-16-6-4-12-31(35)42(32)29-21-27-20-28(23-29)24-30(42)22-27;1-25-17-18-33-39(19-25)44(35-13-5-3-9-26(35)2)37-15-8-16-38-40(37)43(33)34-12-7-11-32-41(34)45(38)36-14-6-4-10-31(36)42(32)29-21-27-20-28(23-29)24-30(42)22-27;1-25-17-18-37-34(19-25)43-33-12-7-11-32-41(33)45(39-16-8-15-38(40(39)43)44(37)35-13-5-3-9-26(35)2)36-14-6-4-10-31(36)42(32)29-21-27-20-28(23-29)24-30(42)22-27/h3*3-19,27-30H,20-24H2,1-2H3. The largest absolute Gasteiger partial charge is 0.311 e. The molecular weight excluding hydrogens is 1630 g/mol. The Balaban J connectivity index is 0.0000000945. The van der Waals surface area contributed by atoms with E-state index < -0.39 is 0 Å². The summed E-state index contributed by atoms with van der Waals surface area (Å²) in [5.41, 5.74) is 55.6. The van der Waals surface area contributed by atoms with Crippen molar-refractivity contribution in [2.24, 2.45) is 71.0 Å². The van der Waals surface area contributed by atoms with Crippen LogP contribution in [0.5, 0.6) is 0 Å². The molecule has 135 heavy (non-hydrogen) atoms. The van der Waals surface area contributed by atoms with E-state index in [4.69, 9.17) is 0 Å². The SMILES string of the molecule is Cc1ccc2c(c1)B1c3cccc4c3N(c3ccccc3C43C4CC5CC(C4)CC3C5)c3cccc(c31)N2c1ccccc1C.Cc1ccc2c(c1)N(c1ccccc1C)c1cccc3c1B2c1cccc2c1N3c1ccccc1C21C2CC3CC(C2)CC1C3.Cc1ccccc1N1c2cccc(C)c2B2c3cccc4c3N(c3ccccc3C43C4CC5CC(C4)CC3C5)c3cccc1c32. The van der Waals surface area contributed by atoms with Gasteiger partial charge in [0.15, 0.2) is 0 Å². The van der Waals surface area contributed by atoms with Crippen molar-refractivity contribution in [2.75, 3.05) is 29.4 Å². The predicted molar refractivity (Wildman–Crippen MR) is 563 cm³/mol. The third-order valence-corrected chi connectivity index (χ3v) is 39.1. The molecule has 0 aromatic heterocycles. The molecule has 3 spiro atoms. The van der Waals surface area contributed by atoms with E-state index in [2.05, 4.69) is 380 Å². The Morgan fingerprint density at radius 1 is 0.185 bits per heavy atom. The van der Waals surface area contributed by atoms with Crippen LogP contribution in [0.15, 0.2) is 309 Å². The molecule has 12 fully saturated rings. The van der Waals surface area contributed by atoms with Crippen molar-refractivity contribution in [1.29, 1.82) is 0 Å². The average Bonchev–Trinajstić information content (AvgIpc) is 0.666. The molecule has 15 aromatic rings. The maximum absolute atomic E-state index is 2.70. The predicted octanol–water partition coefficient (Wildman–Crippen LogP) is 25.3. The van der Waals surface area contributed by atoms with E-state index in [1.54, 1.807) is 33.4 Å². The first-order valence-electron chi connectivity index (χ1n) is 51.8. The van der Waals surface area contributed by atoms with Crippen LogP contribution in [0.1, 0.15) is 163 Å². The number of anilines is 18. The second-order valence-corrected chi connectivity index (χ2v) is 45.2.